The first-order valence-electron chi connectivity index (χ1n) is 9.86. The van der Waals surface area contributed by atoms with E-state index in [1.54, 1.807) is 18.6 Å². The number of hydrogen-bond donors (Lipinski definition) is 0. The normalized spacial score (nSPS) is 10.2. The molecule has 0 aliphatic carbocycles. The molecule has 0 aliphatic rings. The molecule has 0 saturated carbocycles. The van der Waals surface area contributed by atoms with Gasteiger partial charge in [-0.3, -0.25) is 0 Å². The first-order valence-corrected chi connectivity index (χ1v) is 11.6. The Balaban J connectivity index is 0.000000164. The van der Waals surface area contributed by atoms with Gasteiger partial charge in [0.2, 0.25) is 0 Å². The van der Waals surface area contributed by atoms with Crippen LogP contribution in [0, 0.1) is 12.1 Å². The second kappa shape index (κ2) is 10.6. The summed E-state index contributed by atoms with van der Waals surface area (Å²) in [5, 5.41) is 2.67. The molecule has 0 unspecified atom stereocenters. The molecular weight excluding hydrogens is 637 g/mol. The number of rotatable bonds is 2. The van der Waals surface area contributed by atoms with E-state index >= 15 is 0 Å². The van der Waals surface area contributed by atoms with E-state index in [4.69, 9.17) is 0 Å². The maximum absolute atomic E-state index is 4.55. The topological polar surface area (TPSA) is 38.7 Å². The number of hydrogen-bond acceptors (Lipinski definition) is 3. The third kappa shape index (κ3) is 4.93. The summed E-state index contributed by atoms with van der Waals surface area (Å²) in [6.07, 6.45) is 7.33. The zero-order valence-corrected chi connectivity index (χ0v) is 21.0. The molecule has 5 heteroatoms. The van der Waals surface area contributed by atoms with Crippen molar-refractivity contribution >= 4 is 33.8 Å². The van der Waals surface area contributed by atoms with Crippen LogP contribution >= 0.6 is 0 Å². The van der Waals surface area contributed by atoms with Crippen LogP contribution in [0.5, 0.6) is 0 Å². The van der Waals surface area contributed by atoms with Gasteiger partial charge in [-0.2, -0.15) is 0 Å². The van der Waals surface area contributed by atoms with Crippen LogP contribution in [0.3, 0.4) is 0 Å². The Morgan fingerprint density at radius 2 is 1.47 bits per heavy atom. The van der Waals surface area contributed by atoms with E-state index in [1.807, 2.05) is 54.7 Å². The molecule has 4 heterocycles. The number of pyridine rings is 3. The van der Waals surface area contributed by atoms with Gasteiger partial charge in [0, 0.05) is 26.3 Å². The third-order valence-electron chi connectivity index (χ3n) is 4.79. The molecule has 0 N–H and O–H groups in total. The SMILES string of the molecule is [Ir].[c-]1ccccc1-c1ccccn1.[c-]1ccncc1-c1cc2c(cn1)[se]c1ccccc12. The van der Waals surface area contributed by atoms with Crippen LogP contribution in [0.15, 0.2) is 104 Å². The van der Waals surface area contributed by atoms with Crippen LogP contribution < -0.4 is 0 Å². The fourth-order valence-corrected chi connectivity index (χ4v) is 5.53. The minimum atomic E-state index is 0. The molecule has 4 aromatic heterocycles. The van der Waals surface area contributed by atoms with Gasteiger partial charge in [0.25, 0.3) is 0 Å². The van der Waals surface area contributed by atoms with Crippen molar-refractivity contribution in [2.45, 2.75) is 0 Å². The average molecular weight is 655 g/mol. The van der Waals surface area contributed by atoms with Crippen molar-refractivity contribution in [2.24, 2.45) is 0 Å². The van der Waals surface area contributed by atoms with Gasteiger partial charge in [-0.15, -0.1) is 35.9 Å². The van der Waals surface area contributed by atoms with E-state index in [9.17, 15) is 0 Å². The molecular formula is C27H17IrN3Se-2. The fourth-order valence-electron chi connectivity index (χ4n) is 3.32. The zero-order chi connectivity index (χ0) is 20.9. The van der Waals surface area contributed by atoms with Crippen molar-refractivity contribution in [1.29, 1.82) is 0 Å². The van der Waals surface area contributed by atoms with E-state index < -0.39 is 0 Å². The molecule has 3 nitrogen and oxygen atoms in total. The van der Waals surface area contributed by atoms with Crippen molar-refractivity contribution in [3.63, 3.8) is 0 Å². The molecule has 6 aromatic rings. The Kier molecular flexibility index (Phi) is 7.36. The van der Waals surface area contributed by atoms with Crippen LogP contribution in [0.2, 0.25) is 0 Å². The van der Waals surface area contributed by atoms with Crippen LogP contribution in [-0.2, 0) is 20.1 Å². The second-order valence-electron chi connectivity index (χ2n) is 6.81. The summed E-state index contributed by atoms with van der Waals surface area (Å²) in [7, 11) is 0. The molecule has 0 fully saturated rings. The molecule has 2 aromatic carbocycles. The van der Waals surface area contributed by atoms with Crippen LogP contribution in [0.4, 0.5) is 0 Å². The Morgan fingerprint density at radius 3 is 2.25 bits per heavy atom. The fraction of sp³-hybridized carbons (Fsp3) is 0. The second-order valence-corrected chi connectivity index (χ2v) is 9.08. The summed E-state index contributed by atoms with van der Waals surface area (Å²) in [6.45, 7) is 0. The van der Waals surface area contributed by atoms with Gasteiger partial charge in [-0.1, -0.05) is 12.1 Å². The number of benzene rings is 2. The van der Waals surface area contributed by atoms with Gasteiger partial charge in [0.15, 0.2) is 0 Å². The molecule has 6 rings (SSSR count). The van der Waals surface area contributed by atoms with Crippen LogP contribution in [0.1, 0.15) is 0 Å². The van der Waals surface area contributed by atoms with Gasteiger partial charge < -0.3 is 4.98 Å². The van der Waals surface area contributed by atoms with Crippen molar-refractivity contribution in [3.05, 3.63) is 116 Å². The molecule has 0 aliphatic heterocycles. The molecule has 1 radical (unpaired) electrons. The van der Waals surface area contributed by atoms with E-state index in [1.165, 1.54) is 19.3 Å². The van der Waals surface area contributed by atoms with Gasteiger partial charge >= 0.3 is 116 Å². The van der Waals surface area contributed by atoms with Crippen molar-refractivity contribution < 1.29 is 20.1 Å². The van der Waals surface area contributed by atoms with Crippen molar-refractivity contribution in [1.82, 2.24) is 15.0 Å². The van der Waals surface area contributed by atoms with E-state index in [0.29, 0.717) is 14.5 Å². The Morgan fingerprint density at radius 1 is 0.625 bits per heavy atom. The summed E-state index contributed by atoms with van der Waals surface area (Å²) in [4.78, 5) is 12.9. The van der Waals surface area contributed by atoms with Crippen LogP contribution in [-0.4, -0.2) is 29.5 Å². The Labute approximate surface area is 206 Å². The molecule has 0 bridgehead atoms. The summed E-state index contributed by atoms with van der Waals surface area (Å²) in [5.74, 6) is 0. The maximum atomic E-state index is 4.55. The van der Waals surface area contributed by atoms with Crippen LogP contribution in [0.25, 0.3) is 41.8 Å². The van der Waals surface area contributed by atoms with Crippen molar-refractivity contribution in [2.75, 3.05) is 0 Å². The van der Waals surface area contributed by atoms with E-state index in [-0.39, 0.29) is 20.1 Å². The van der Waals surface area contributed by atoms with Gasteiger partial charge in [0.05, 0.1) is 0 Å². The number of fused-ring (bicyclic) bond motifs is 3. The zero-order valence-electron chi connectivity index (χ0n) is 16.9. The van der Waals surface area contributed by atoms with Gasteiger partial charge in [-0.05, 0) is 11.8 Å². The Hall–Kier alpha value is -2.94. The predicted octanol–water partition coefficient (Wildman–Crippen LogP) is 5.85. The van der Waals surface area contributed by atoms with Crippen molar-refractivity contribution in [3.8, 4) is 22.5 Å². The van der Waals surface area contributed by atoms with Gasteiger partial charge in [-0.25, -0.2) is 0 Å². The quantitative estimate of drug-likeness (QED) is 0.174. The Bertz CT molecular complexity index is 1380. The molecule has 0 amide bonds. The molecule has 0 saturated heterocycles. The summed E-state index contributed by atoms with van der Waals surface area (Å²) < 4.78 is 2.81. The summed E-state index contributed by atoms with van der Waals surface area (Å²) in [5.41, 5.74) is 3.90. The van der Waals surface area contributed by atoms with E-state index in [2.05, 4.69) is 57.4 Å². The van der Waals surface area contributed by atoms with E-state index in [0.717, 1.165) is 22.5 Å². The first kappa shape index (κ1) is 22.3. The molecule has 32 heavy (non-hydrogen) atoms. The first-order chi connectivity index (χ1) is 15.4. The van der Waals surface area contributed by atoms with Gasteiger partial charge in [0.1, 0.15) is 0 Å². The standard InChI is InChI=1S/C16H9N2Se.C11H8N.Ir/c1-2-6-15-12(5-1)13-8-14(18-10-16(13)19-15)11-4-3-7-17-9-11;1-2-6-10(7-3-1)11-8-4-5-9-12-11;/h1-3,5-10H;1-6,8-9H;/q2*-1;. The average Bonchev–Trinajstić information content (AvgIpc) is 3.24. The number of aromatic nitrogens is 3. The number of nitrogens with zero attached hydrogens (tertiary/aromatic N) is 3. The molecule has 157 valence electrons. The minimum absolute atomic E-state index is 0. The monoisotopic (exact) mass is 656 g/mol. The summed E-state index contributed by atoms with van der Waals surface area (Å²) in [6, 6.07) is 32.6. The molecule has 0 spiro atoms. The summed E-state index contributed by atoms with van der Waals surface area (Å²) >= 11 is 0.385. The molecule has 0 atom stereocenters. The third-order valence-corrected chi connectivity index (χ3v) is 7.15. The predicted molar refractivity (Wildman–Crippen MR) is 127 cm³/mol.